The monoisotopic (exact) mass is 556 g/mol. The van der Waals surface area contributed by atoms with Crippen molar-refractivity contribution in [2.24, 2.45) is 0 Å². The van der Waals surface area contributed by atoms with Crippen LogP contribution in [0, 0.1) is 5.41 Å². The standard InChI is InChI=1S/C27H28N2O7S2/c1-14(2)15-5-7-16(8-6-15)21-18-9-10-20(28)25(37(30,31)32)23(18)36-24-19(21)13-17-11-12-27(3,4)29-22(17)26(24)38(33,34)35/h5-10,13-14,28-29H,11-12H2,1-4H3,(H,30,31,32)(H,33,34,35). The highest BCUT2D eigenvalue weighted by molar-refractivity contribution is 7.86. The van der Waals surface area contributed by atoms with Gasteiger partial charge in [-0.3, -0.25) is 14.5 Å². The molecule has 5 rings (SSSR count). The predicted octanol–water partition coefficient (Wildman–Crippen LogP) is 5.44. The lowest BCUT2D eigenvalue weighted by Crippen LogP contribution is -2.36. The van der Waals surface area contributed by atoms with E-state index in [4.69, 9.17) is 9.83 Å². The molecule has 2 heterocycles. The Morgan fingerprint density at radius 1 is 0.974 bits per heavy atom. The summed E-state index contributed by atoms with van der Waals surface area (Å²) in [7, 11) is -9.82. The van der Waals surface area contributed by atoms with Gasteiger partial charge in [0.1, 0.15) is 0 Å². The van der Waals surface area contributed by atoms with Gasteiger partial charge in [0, 0.05) is 22.1 Å². The van der Waals surface area contributed by atoms with Crippen molar-refractivity contribution in [1.29, 1.82) is 5.41 Å². The molecule has 2 aromatic rings. The molecule has 200 valence electrons. The van der Waals surface area contributed by atoms with Crippen LogP contribution in [0.3, 0.4) is 0 Å². The molecule has 2 aliphatic heterocycles. The van der Waals surface area contributed by atoms with Gasteiger partial charge in [0.2, 0.25) is 0 Å². The van der Waals surface area contributed by atoms with Gasteiger partial charge in [-0.25, -0.2) is 0 Å². The van der Waals surface area contributed by atoms with Crippen LogP contribution in [-0.4, -0.2) is 31.5 Å². The summed E-state index contributed by atoms with van der Waals surface area (Å²) in [5, 5.41) is 11.2. The van der Waals surface area contributed by atoms with Crippen LogP contribution in [0.5, 0.6) is 0 Å². The Morgan fingerprint density at radius 3 is 2.18 bits per heavy atom. The zero-order valence-electron chi connectivity index (χ0n) is 21.3. The molecule has 0 amide bonds. The zero-order valence-corrected chi connectivity index (χ0v) is 22.9. The third kappa shape index (κ3) is 4.39. The van der Waals surface area contributed by atoms with Crippen LogP contribution in [0.4, 0.5) is 5.69 Å². The highest BCUT2D eigenvalue weighted by Crippen LogP contribution is 2.48. The molecule has 11 heteroatoms. The fourth-order valence-electron chi connectivity index (χ4n) is 5.12. The molecule has 4 N–H and O–H groups in total. The van der Waals surface area contributed by atoms with Gasteiger partial charge in [0.25, 0.3) is 20.2 Å². The molecule has 38 heavy (non-hydrogen) atoms. The average Bonchev–Trinajstić information content (AvgIpc) is 2.79. The summed E-state index contributed by atoms with van der Waals surface area (Å²) < 4.78 is 76.8. The van der Waals surface area contributed by atoms with Gasteiger partial charge < -0.3 is 9.73 Å². The molecule has 1 aliphatic carbocycles. The van der Waals surface area contributed by atoms with Crippen LogP contribution >= 0.6 is 0 Å². The van der Waals surface area contributed by atoms with E-state index in [0.29, 0.717) is 34.9 Å². The smallest absolute Gasteiger partial charge is 0.300 e. The number of hydrogen-bond donors (Lipinski definition) is 4. The van der Waals surface area contributed by atoms with Gasteiger partial charge in [0.05, 0.1) is 11.0 Å². The van der Waals surface area contributed by atoms with E-state index in [1.165, 1.54) is 12.1 Å². The van der Waals surface area contributed by atoms with E-state index in [9.17, 15) is 25.9 Å². The zero-order chi connectivity index (χ0) is 27.8. The van der Waals surface area contributed by atoms with Crippen molar-refractivity contribution in [2.75, 3.05) is 5.32 Å². The average molecular weight is 557 g/mol. The van der Waals surface area contributed by atoms with Crippen molar-refractivity contribution in [3.63, 3.8) is 0 Å². The summed E-state index contributed by atoms with van der Waals surface area (Å²) in [4.78, 5) is -1.30. The van der Waals surface area contributed by atoms with E-state index < -0.39 is 40.9 Å². The van der Waals surface area contributed by atoms with E-state index >= 15 is 0 Å². The molecule has 3 aliphatic rings. The maximum atomic E-state index is 12.8. The minimum Gasteiger partial charge on any atom is -0.453 e. The fraction of sp³-hybridized carbons (Fsp3) is 0.296. The van der Waals surface area contributed by atoms with Crippen molar-refractivity contribution in [1.82, 2.24) is 0 Å². The third-order valence-corrected chi connectivity index (χ3v) is 8.86. The van der Waals surface area contributed by atoms with Crippen LogP contribution in [0.1, 0.15) is 51.2 Å². The second-order valence-corrected chi connectivity index (χ2v) is 13.4. The minimum atomic E-state index is -4.94. The Kier molecular flexibility index (Phi) is 5.99. The van der Waals surface area contributed by atoms with E-state index in [2.05, 4.69) is 19.2 Å². The van der Waals surface area contributed by atoms with Crippen LogP contribution < -0.4 is 10.7 Å². The minimum absolute atomic E-state index is 0.177. The van der Waals surface area contributed by atoms with E-state index in [-0.39, 0.29) is 28.5 Å². The van der Waals surface area contributed by atoms with Crippen molar-refractivity contribution in [2.45, 2.75) is 61.8 Å². The number of rotatable bonds is 4. The predicted molar refractivity (Wildman–Crippen MR) is 144 cm³/mol. The molecule has 0 spiro atoms. The molecular weight excluding hydrogens is 528 g/mol. The summed E-state index contributed by atoms with van der Waals surface area (Å²) in [5.74, 6) is -0.122. The first-order chi connectivity index (χ1) is 17.6. The summed E-state index contributed by atoms with van der Waals surface area (Å²) in [6.45, 7) is 7.90. The molecule has 0 saturated carbocycles. The summed E-state index contributed by atoms with van der Waals surface area (Å²) in [6, 6.07) is 12.1. The number of aryl methyl sites for hydroxylation is 1. The number of fused-ring (bicyclic) bond motifs is 3. The van der Waals surface area contributed by atoms with Crippen LogP contribution in [-0.2, 0) is 26.7 Å². The highest BCUT2D eigenvalue weighted by Gasteiger charge is 2.35. The number of hydrogen-bond acceptors (Lipinski definition) is 7. The molecule has 9 nitrogen and oxygen atoms in total. The van der Waals surface area contributed by atoms with E-state index in [1.807, 2.05) is 38.1 Å². The van der Waals surface area contributed by atoms with Gasteiger partial charge in [0.15, 0.2) is 21.1 Å². The van der Waals surface area contributed by atoms with Gasteiger partial charge in [-0.1, -0.05) is 38.1 Å². The van der Waals surface area contributed by atoms with E-state index in [1.54, 1.807) is 6.07 Å². The molecule has 0 bridgehead atoms. The van der Waals surface area contributed by atoms with Crippen LogP contribution in [0.2, 0.25) is 0 Å². The third-order valence-electron chi connectivity index (χ3n) is 7.04. The first kappa shape index (κ1) is 26.4. The quantitative estimate of drug-likeness (QED) is 0.191. The summed E-state index contributed by atoms with van der Waals surface area (Å²) in [6.07, 6.45) is 1.23. The van der Waals surface area contributed by atoms with Gasteiger partial charge >= 0.3 is 0 Å². The molecular formula is C27H28N2O7S2. The molecule has 0 fully saturated rings. The molecule has 0 unspecified atom stereocenters. The van der Waals surface area contributed by atoms with Gasteiger partial charge in [-0.15, -0.1) is 0 Å². The molecule has 0 radical (unpaired) electrons. The van der Waals surface area contributed by atoms with E-state index in [0.717, 1.165) is 5.56 Å². The van der Waals surface area contributed by atoms with Crippen molar-refractivity contribution >= 4 is 36.9 Å². The molecule has 2 aromatic carbocycles. The van der Waals surface area contributed by atoms with Crippen molar-refractivity contribution in [3.05, 3.63) is 58.9 Å². The van der Waals surface area contributed by atoms with Gasteiger partial charge in [-0.05, 0) is 67.5 Å². The number of benzene rings is 3. The lowest BCUT2D eigenvalue weighted by Gasteiger charge is -2.35. The summed E-state index contributed by atoms with van der Waals surface area (Å²) >= 11 is 0. The largest absolute Gasteiger partial charge is 0.453 e. The Labute approximate surface area is 220 Å². The lowest BCUT2D eigenvalue weighted by molar-refractivity contribution is 0.474. The normalized spacial score (nSPS) is 15.6. The Morgan fingerprint density at radius 2 is 1.61 bits per heavy atom. The maximum Gasteiger partial charge on any atom is 0.300 e. The SMILES string of the molecule is CC(C)c1ccc(-c2c3ccc(=N)c(S(=O)(=O)O)c-3oc3c(S(=O)(=O)O)c4c(cc23)CCC(C)(C)N4)cc1. The number of anilines is 1. The van der Waals surface area contributed by atoms with Crippen LogP contribution in [0.25, 0.3) is 33.4 Å². The molecule has 0 saturated heterocycles. The molecule has 0 atom stereocenters. The second kappa shape index (κ2) is 8.63. The maximum absolute atomic E-state index is 12.8. The lowest BCUT2D eigenvalue weighted by atomic mass is 9.86. The summed E-state index contributed by atoms with van der Waals surface area (Å²) in [5.41, 5.74) is 2.51. The van der Waals surface area contributed by atoms with Gasteiger partial charge in [-0.2, -0.15) is 16.8 Å². The Balaban J connectivity index is 2.04. The second-order valence-electron chi connectivity index (χ2n) is 10.6. The number of nitrogens with one attached hydrogen (secondary N) is 2. The first-order valence-corrected chi connectivity index (χ1v) is 14.9. The first-order valence-electron chi connectivity index (χ1n) is 12.1. The highest BCUT2D eigenvalue weighted by atomic mass is 32.2. The fourth-order valence-corrected chi connectivity index (χ4v) is 6.68. The topological polar surface area (TPSA) is 158 Å². The molecule has 0 aromatic heterocycles. The van der Waals surface area contributed by atoms with Crippen molar-refractivity contribution < 1.29 is 30.4 Å². The van der Waals surface area contributed by atoms with Crippen LogP contribution in [0.15, 0.2) is 56.7 Å². The Hall–Kier alpha value is -3.25. The van der Waals surface area contributed by atoms with Crippen molar-refractivity contribution in [3.8, 4) is 22.5 Å². The Bertz CT molecular complexity index is 1850.